The van der Waals surface area contributed by atoms with Crippen molar-refractivity contribution in [3.05, 3.63) is 65.5 Å². The van der Waals surface area contributed by atoms with Crippen LogP contribution in [0, 0.1) is 5.82 Å². The van der Waals surface area contributed by atoms with Crippen LogP contribution in [-0.2, 0) is 6.54 Å². The smallest absolute Gasteiger partial charge is 0.123 e. The molecule has 3 heteroatoms. The number of rotatable bonds is 5. The molecule has 20 heavy (non-hydrogen) atoms. The van der Waals surface area contributed by atoms with E-state index in [1.807, 2.05) is 18.2 Å². The minimum absolute atomic E-state index is 0.319. The zero-order valence-electron chi connectivity index (χ0n) is 11.9. The van der Waals surface area contributed by atoms with Gasteiger partial charge in [-0.1, -0.05) is 30.3 Å². The molecule has 2 rings (SSSR count). The van der Waals surface area contributed by atoms with Gasteiger partial charge in [0.1, 0.15) is 5.82 Å². The molecule has 0 heterocycles. The highest BCUT2D eigenvalue weighted by atomic mass is 19.1. The highest BCUT2D eigenvalue weighted by Gasteiger charge is 2.14. The number of hydrogen-bond acceptors (Lipinski definition) is 2. The van der Waals surface area contributed by atoms with Crippen molar-refractivity contribution in [1.82, 2.24) is 0 Å². The summed E-state index contributed by atoms with van der Waals surface area (Å²) in [4.78, 5) is 2.14. The molecule has 2 nitrogen and oxygen atoms in total. The lowest BCUT2D eigenvalue weighted by molar-refractivity contribution is 0.199. The summed E-state index contributed by atoms with van der Waals surface area (Å²) in [6.45, 7) is 5.25. The second-order valence-electron chi connectivity index (χ2n) is 4.88. The molecule has 0 fully saturated rings. The third-order valence-corrected chi connectivity index (χ3v) is 3.38. The summed E-state index contributed by atoms with van der Waals surface area (Å²) in [5, 5.41) is 9.85. The number of hydrogen-bond donors (Lipinski definition) is 1. The third-order valence-electron chi connectivity index (χ3n) is 3.38. The maximum Gasteiger partial charge on any atom is 0.123 e. The van der Waals surface area contributed by atoms with Crippen LogP contribution in [0.5, 0.6) is 0 Å². The minimum atomic E-state index is -0.689. The van der Waals surface area contributed by atoms with E-state index in [-0.39, 0.29) is 5.82 Å². The van der Waals surface area contributed by atoms with Crippen LogP contribution >= 0.6 is 0 Å². The van der Waals surface area contributed by atoms with E-state index in [1.54, 1.807) is 13.0 Å². The topological polar surface area (TPSA) is 23.5 Å². The average Bonchev–Trinajstić information content (AvgIpc) is 2.46. The minimum Gasteiger partial charge on any atom is -0.389 e. The Balaban J connectivity index is 2.32. The Bertz CT molecular complexity index is 554. The van der Waals surface area contributed by atoms with Crippen LogP contribution in [0.4, 0.5) is 10.1 Å². The SMILES string of the molecule is CCN(Cc1ccccc1)c1ccc(F)cc1[C@H](C)O. The van der Waals surface area contributed by atoms with Gasteiger partial charge in [0.25, 0.3) is 0 Å². The van der Waals surface area contributed by atoms with Crippen LogP contribution in [0.25, 0.3) is 0 Å². The number of anilines is 1. The Morgan fingerprint density at radius 3 is 2.45 bits per heavy atom. The van der Waals surface area contributed by atoms with Crippen LogP contribution in [0.2, 0.25) is 0 Å². The monoisotopic (exact) mass is 273 g/mol. The quantitative estimate of drug-likeness (QED) is 0.893. The maximum atomic E-state index is 13.4. The first-order valence-corrected chi connectivity index (χ1v) is 6.88. The number of aliphatic hydroxyl groups excluding tert-OH is 1. The van der Waals surface area contributed by atoms with Gasteiger partial charge in [-0.25, -0.2) is 4.39 Å². The summed E-state index contributed by atoms with van der Waals surface area (Å²) in [5.41, 5.74) is 2.70. The fourth-order valence-electron chi connectivity index (χ4n) is 2.32. The van der Waals surface area contributed by atoms with Gasteiger partial charge in [0.15, 0.2) is 0 Å². The number of aliphatic hydroxyl groups is 1. The van der Waals surface area contributed by atoms with Gasteiger partial charge in [0.2, 0.25) is 0 Å². The second kappa shape index (κ2) is 6.53. The molecule has 2 aromatic rings. The Morgan fingerprint density at radius 1 is 1.15 bits per heavy atom. The summed E-state index contributed by atoms with van der Waals surface area (Å²) < 4.78 is 13.4. The summed E-state index contributed by atoms with van der Waals surface area (Å²) in [7, 11) is 0. The van der Waals surface area contributed by atoms with Crippen molar-refractivity contribution in [2.75, 3.05) is 11.4 Å². The standard InChI is InChI=1S/C17H20FNO/c1-3-19(12-14-7-5-4-6-8-14)17-10-9-15(18)11-16(17)13(2)20/h4-11,13,20H,3,12H2,1-2H3/t13-/m0/s1. The van der Waals surface area contributed by atoms with Crippen molar-refractivity contribution in [1.29, 1.82) is 0 Å². The fraction of sp³-hybridized carbons (Fsp3) is 0.294. The predicted molar refractivity (Wildman–Crippen MR) is 80.2 cm³/mol. The molecule has 0 saturated carbocycles. The number of halogens is 1. The maximum absolute atomic E-state index is 13.4. The first kappa shape index (κ1) is 14.5. The second-order valence-corrected chi connectivity index (χ2v) is 4.88. The van der Waals surface area contributed by atoms with E-state index in [1.165, 1.54) is 17.7 Å². The van der Waals surface area contributed by atoms with Gasteiger partial charge in [0.05, 0.1) is 6.10 Å². The first-order chi connectivity index (χ1) is 9.61. The molecule has 0 aliphatic rings. The normalized spacial score (nSPS) is 12.2. The molecular weight excluding hydrogens is 253 g/mol. The molecule has 0 bridgehead atoms. The lowest BCUT2D eigenvalue weighted by Gasteiger charge is -2.27. The summed E-state index contributed by atoms with van der Waals surface area (Å²) in [5.74, 6) is -0.319. The Kier molecular flexibility index (Phi) is 4.74. The molecule has 1 atom stereocenters. The van der Waals surface area contributed by atoms with E-state index in [0.29, 0.717) is 5.56 Å². The Hall–Kier alpha value is -1.87. The summed E-state index contributed by atoms with van der Waals surface area (Å²) >= 11 is 0. The van der Waals surface area contributed by atoms with Gasteiger partial charge in [-0.15, -0.1) is 0 Å². The van der Waals surface area contributed by atoms with E-state index in [0.717, 1.165) is 18.8 Å². The first-order valence-electron chi connectivity index (χ1n) is 6.88. The highest BCUT2D eigenvalue weighted by molar-refractivity contribution is 5.55. The van der Waals surface area contributed by atoms with Crippen molar-refractivity contribution in [2.45, 2.75) is 26.5 Å². The van der Waals surface area contributed by atoms with Crippen molar-refractivity contribution in [3.63, 3.8) is 0 Å². The summed E-state index contributed by atoms with van der Waals surface area (Å²) in [6.07, 6.45) is -0.689. The molecule has 2 aromatic carbocycles. The van der Waals surface area contributed by atoms with Crippen molar-refractivity contribution >= 4 is 5.69 Å². The molecule has 0 unspecified atom stereocenters. The highest BCUT2D eigenvalue weighted by Crippen LogP contribution is 2.28. The van der Waals surface area contributed by atoms with Crippen LogP contribution in [0.15, 0.2) is 48.5 Å². The van der Waals surface area contributed by atoms with Crippen LogP contribution in [0.1, 0.15) is 31.1 Å². The molecule has 0 aromatic heterocycles. The zero-order chi connectivity index (χ0) is 14.5. The third kappa shape index (κ3) is 3.36. The van der Waals surface area contributed by atoms with Gasteiger partial charge >= 0.3 is 0 Å². The Labute approximate surface area is 119 Å². The van der Waals surface area contributed by atoms with Crippen LogP contribution < -0.4 is 4.90 Å². The van der Waals surface area contributed by atoms with Crippen LogP contribution in [-0.4, -0.2) is 11.7 Å². The Morgan fingerprint density at radius 2 is 1.85 bits per heavy atom. The molecule has 106 valence electrons. The van der Waals surface area contributed by atoms with E-state index in [2.05, 4.69) is 24.0 Å². The molecule has 0 amide bonds. The fourth-order valence-corrected chi connectivity index (χ4v) is 2.32. The average molecular weight is 273 g/mol. The number of benzene rings is 2. The van der Waals surface area contributed by atoms with Gasteiger partial charge < -0.3 is 10.0 Å². The molecule has 0 spiro atoms. The van der Waals surface area contributed by atoms with Crippen molar-refractivity contribution in [2.24, 2.45) is 0 Å². The van der Waals surface area contributed by atoms with Gasteiger partial charge in [-0.05, 0) is 37.6 Å². The number of nitrogens with zero attached hydrogens (tertiary/aromatic N) is 1. The molecule has 0 aliphatic carbocycles. The largest absolute Gasteiger partial charge is 0.389 e. The molecule has 0 saturated heterocycles. The van der Waals surface area contributed by atoms with Gasteiger partial charge in [-0.3, -0.25) is 0 Å². The van der Waals surface area contributed by atoms with E-state index in [9.17, 15) is 9.50 Å². The predicted octanol–water partition coefficient (Wildman–Crippen LogP) is 3.91. The van der Waals surface area contributed by atoms with E-state index >= 15 is 0 Å². The van der Waals surface area contributed by atoms with E-state index < -0.39 is 6.10 Å². The van der Waals surface area contributed by atoms with Gasteiger partial charge in [0, 0.05) is 24.3 Å². The lowest BCUT2D eigenvalue weighted by Crippen LogP contribution is -2.23. The van der Waals surface area contributed by atoms with E-state index in [4.69, 9.17) is 0 Å². The molecule has 1 N–H and O–H groups in total. The van der Waals surface area contributed by atoms with Crippen molar-refractivity contribution in [3.8, 4) is 0 Å². The molecular formula is C17H20FNO. The lowest BCUT2D eigenvalue weighted by atomic mass is 10.1. The summed E-state index contributed by atoms with van der Waals surface area (Å²) in [6, 6.07) is 14.7. The molecule has 0 radical (unpaired) electrons. The van der Waals surface area contributed by atoms with Crippen LogP contribution in [0.3, 0.4) is 0 Å². The molecule has 0 aliphatic heterocycles. The van der Waals surface area contributed by atoms with Gasteiger partial charge in [-0.2, -0.15) is 0 Å². The van der Waals surface area contributed by atoms with Crippen molar-refractivity contribution < 1.29 is 9.50 Å². The zero-order valence-corrected chi connectivity index (χ0v) is 11.9.